The van der Waals surface area contributed by atoms with Gasteiger partial charge in [0.1, 0.15) is 16.8 Å². The Morgan fingerprint density at radius 2 is 1.97 bits per heavy atom. The summed E-state index contributed by atoms with van der Waals surface area (Å²) in [5, 5.41) is 14.7. The van der Waals surface area contributed by atoms with Gasteiger partial charge in [-0.2, -0.15) is 0 Å². The van der Waals surface area contributed by atoms with E-state index >= 15 is 0 Å². The maximum atomic E-state index is 14.8. The van der Waals surface area contributed by atoms with Crippen molar-refractivity contribution in [2.45, 2.75) is 46.1 Å². The topological polar surface area (TPSA) is 100 Å². The van der Waals surface area contributed by atoms with Crippen LogP contribution in [0, 0.1) is 28.6 Å². The molecule has 0 spiro atoms. The molecular weight excluding hydrogens is 586 g/mol. The van der Waals surface area contributed by atoms with E-state index in [-0.39, 0.29) is 28.7 Å². The zero-order valence-corrected chi connectivity index (χ0v) is 22.8. The predicted octanol–water partition coefficient (Wildman–Crippen LogP) is 6.06. The Bertz CT molecular complexity index is 1690. The van der Waals surface area contributed by atoms with Gasteiger partial charge in [-0.3, -0.25) is 15.0 Å². The number of benzene rings is 2. The second kappa shape index (κ2) is 9.77. The number of nitrogens with one attached hydrogen (secondary N) is 3. The van der Waals surface area contributed by atoms with Crippen molar-refractivity contribution in [1.29, 1.82) is 5.41 Å². The van der Waals surface area contributed by atoms with Crippen LogP contribution in [0.2, 0.25) is 0 Å². The summed E-state index contributed by atoms with van der Waals surface area (Å²) in [4.78, 5) is 25.4. The molecule has 1 aliphatic carbocycles. The molecule has 0 atom stereocenters. The molecule has 1 saturated carbocycles. The van der Waals surface area contributed by atoms with Crippen molar-refractivity contribution in [2.75, 3.05) is 10.6 Å². The lowest BCUT2D eigenvalue weighted by molar-refractivity contribution is -0.114. The van der Waals surface area contributed by atoms with Crippen molar-refractivity contribution >= 4 is 56.5 Å². The van der Waals surface area contributed by atoms with Crippen LogP contribution in [-0.2, 0) is 11.2 Å². The van der Waals surface area contributed by atoms with Crippen molar-refractivity contribution in [3.63, 3.8) is 0 Å². The van der Waals surface area contributed by atoms with Gasteiger partial charge in [-0.15, -0.1) is 0 Å². The van der Waals surface area contributed by atoms with Gasteiger partial charge in [0.2, 0.25) is 11.5 Å². The van der Waals surface area contributed by atoms with Crippen molar-refractivity contribution in [1.82, 2.24) is 4.57 Å². The molecule has 5 rings (SSSR count). The summed E-state index contributed by atoms with van der Waals surface area (Å²) in [5.41, 5.74) is 4.16. The number of hydrogen-bond donors (Lipinski definition) is 3. The number of rotatable bonds is 6. The number of pyridine rings is 1. The predicted molar refractivity (Wildman–Crippen MR) is 150 cm³/mol. The maximum Gasteiger partial charge on any atom is 0.264 e. The molecular formula is C28H26FIN4O3. The van der Waals surface area contributed by atoms with E-state index in [0.717, 1.165) is 33.2 Å². The third-order valence-electron chi connectivity index (χ3n) is 6.63. The normalized spacial score (nSPS) is 13.1. The fourth-order valence-electron chi connectivity index (χ4n) is 4.67. The SMILES string of the molecule is CC(=O)Nc1cccc(Cc2c(C)n(C3CC3)c(=O)c3c(Nc4ccc(I)cc4F)c(C)c(=N)oc23)c1. The molecule has 0 radical (unpaired) electrons. The van der Waals surface area contributed by atoms with E-state index in [1.165, 1.54) is 13.0 Å². The first kappa shape index (κ1) is 25.2. The van der Waals surface area contributed by atoms with E-state index in [9.17, 15) is 14.0 Å². The highest BCUT2D eigenvalue weighted by Gasteiger charge is 2.30. The van der Waals surface area contributed by atoms with Crippen LogP contribution in [-0.4, -0.2) is 10.5 Å². The van der Waals surface area contributed by atoms with Gasteiger partial charge in [0, 0.05) is 45.5 Å². The number of halogens is 2. The number of carbonyl (C=O) groups is 1. The van der Waals surface area contributed by atoms with Gasteiger partial charge >= 0.3 is 0 Å². The molecule has 190 valence electrons. The summed E-state index contributed by atoms with van der Waals surface area (Å²) in [6.07, 6.45) is 2.24. The quantitative estimate of drug-likeness (QED) is 0.231. The van der Waals surface area contributed by atoms with Crippen molar-refractivity contribution in [2.24, 2.45) is 0 Å². The van der Waals surface area contributed by atoms with E-state index in [4.69, 9.17) is 9.83 Å². The number of carbonyl (C=O) groups excluding carboxylic acids is 1. The largest absolute Gasteiger partial charge is 0.438 e. The highest BCUT2D eigenvalue weighted by atomic mass is 127. The molecule has 1 fully saturated rings. The molecule has 0 bridgehead atoms. The molecule has 4 aromatic rings. The van der Waals surface area contributed by atoms with Gasteiger partial charge in [-0.05, 0) is 85.2 Å². The first-order valence-electron chi connectivity index (χ1n) is 12.0. The lowest BCUT2D eigenvalue weighted by Crippen LogP contribution is -2.26. The smallest absolute Gasteiger partial charge is 0.264 e. The first-order chi connectivity index (χ1) is 17.6. The van der Waals surface area contributed by atoms with Gasteiger partial charge in [0.15, 0.2) is 0 Å². The van der Waals surface area contributed by atoms with Gasteiger partial charge in [0.05, 0.1) is 11.4 Å². The summed E-state index contributed by atoms with van der Waals surface area (Å²) in [6.45, 7) is 5.05. The minimum absolute atomic E-state index is 0.0974. The molecule has 9 heteroatoms. The van der Waals surface area contributed by atoms with Crippen LogP contribution >= 0.6 is 22.6 Å². The van der Waals surface area contributed by atoms with Crippen LogP contribution in [0.1, 0.15) is 48.2 Å². The number of anilines is 3. The molecule has 3 N–H and O–H groups in total. The van der Waals surface area contributed by atoms with Crippen molar-refractivity contribution < 1.29 is 13.6 Å². The zero-order chi connectivity index (χ0) is 26.4. The molecule has 1 aliphatic rings. The van der Waals surface area contributed by atoms with Crippen LogP contribution in [0.15, 0.2) is 51.7 Å². The van der Waals surface area contributed by atoms with Crippen LogP contribution in [0.5, 0.6) is 0 Å². The minimum Gasteiger partial charge on any atom is -0.438 e. The highest BCUT2D eigenvalue weighted by molar-refractivity contribution is 14.1. The summed E-state index contributed by atoms with van der Waals surface area (Å²) in [5.74, 6) is -0.611. The average molecular weight is 612 g/mol. The lowest BCUT2D eigenvalue weighted by atomic mass is 9.99. The fourth-order valence-corrected chi connectivity index (χ4v) is 5.13. The second-order valence-corrected chi connectivity index (χ2v) is 10.7. The van der Waals surface area contributed by atoms with Gasteiger partial charge in [-0.25, -0.2) is 4.39 Å². The molecule has 7 nitrogen and oxygen atoms in total. The Kier molecular flexibility index (Phi) is 6.65. The molecule has 2 heterocycles. The van der Waals surface area contributed by atoms with E-state index in [0.29, 0.717) is 34.3 Å². The molecule has 37 heavy (non-hydrogen) atoms. The number of nitrogens with zero attached hydrogens (tertiary/aromatic N) is 1. The third kappa shape index (κ3) is 4.92. The summed E-state index contributed by atoms with van der Waals surface area (Å²) in [6, 6.07) is 12.4. The zero-order valence-electron chi connectivity index (χ0n) is 20.7. The monoisotopic (exact) mass is 612 g/mol. The Labute approximate surface area is 226 Å². The van der Waals surface area contributed by atoms with Crippen molar-refractivity contribution in [3.05, 3.63) is 90.1 Å². The van der Waals surface area contributed by atoms with Crippen molar-refractivity contribution in [3.8, 4) is 0 Å². The van der Waals surface area contributed by atoms with E-state index in [2.05, 4.69) is 10.6 Å². The lowest BCUT2D eigenvalue weighted by Gasteiger charge is -2.20. The van der Waals surface area contributed by atoms with Crippen LogP contribution < -0.4 is 21.7 Å². The Balaban J connectivity index is 1.75. The van der Waals surface area contributed by atoms with E-state index in [1.54, 1.807) is 19.1 Å². The van der Waals surface area contributed by atoms with Crippen LogP contribution in [0.4, 0.5) is 21.5 Å². The second-order valence-electron chi connectivity index (χ2n) is 9.41. The van der Waals surface area contributed by atoms with Gasteiger partial charge < -0.3 is 19.6 Å². The Hall–Kier alpha value is -3.47. The Morgan fingerprint density at radius 1 is 1.22 bits per heavy atom. The van der Waals surface area contributed by atoms with Gasteiger partial charge in [-0.1, -0.05) is 12.1 Å². The third-order valence-corrected chi connectivity index (χ3v) is 7.30. The highest BCUT2D eigenvalue weighted by Crippen LogP contribution is 2.38. The molecule has 1 amide bonds. The van der Waals surface area contributed by atoms with Gasteiger partial charge in [0.25, 0.3) is 5.56 Å². The van der Waals surface area contributed by atoms with Crippen LogP contribution in [0.25, 0.3) is 11.0 Å². The molecule has 2 aromatic carbocycles. The Morgan fingerprint density at radius 3 is 2.65 bits per heavy atom. The first-order valence-corrected chi connectivity index (χ1v) is 13.1. The summed E-state index contributed by atoms with van der Waals surface area (Å²) >= 11 is 2.04. The number of aromatic nitrogens is 1. The van der Waals surface area contributed by atoms with E-state index < -0.39 is 5.82 Å². The number of fused-ring (bicyclic) bond motifs is 1. The molecule has 2 aromatic heterocycles. The standard InChI is InChI=1S/C28H26FIN4O3/c1-14-25(33-23-10-7-18(30)13-22(23)29)24-26(37-27(14)31)21(15(2)34(28(24)36)20-8-9-20)12-17-5-4-6-19(11-17)32-16(3)35/h4-7,10-11,13,20,31,33H,8-9,12H2,1-3H3,(H,32,35). The minimum atomic E-state index is -0.448. The average Bonchev–Trinajstić information content (AvgIpc) is 3.66. The summed E-state index contributed by atoms with van der Waals surface area (Å²) in [7, 11) is 0. The molecule has 0 saturated heterocycles. The number of hydrogen-bond acceptors (Lipinski definition) is 5. The summed E-state index contributed by atoms with van der Waals surface area (Å²) < 4.78 is 23.3. The van der Waals surface area contributed by atoms with Crippen LogP contribution in [0.3, 0.4) is 0 Å². The fraction of sp³-hybridized carbons (Fsp3) is 0.250. The molecule has 0 unspecified atom stereocenters. The molecule has 0 aliphatic heterocycles. The number of amides is 1. The van der Waals surface area contributed by atoms with E-state index in [1.807, 2.05) is 58.3 Å². The maximum absolute atomic E-state index is 14.8.